The number of likely N-dealkylation sites (tertiary alicyclic amines) is 1. The Kier molecular flexibility index (Phi) is 4.25. The number of carbonyl (C=O) groups is 3. The van der Waals surface area contributed by atoms with Gasteiger partial charge < -0.3 is 10.4 Å². The zero-order chi connectivity index (χ0) is 22.1. The van der Waals surface area contributed by atoms with Crippen molar-refractivity contribution in [2.75, 3.05) is 5.32 Å². The Morgan fingerprint density at radius 1 is 1.06 bits per heavy atom. The predicted molar refractivity (Wildman–Crippen MR) is 104 cm³/mol. The molecule has 2 aromatic carbocycles. The van der Waals surface area contributed by atoms with E-state index in [2.05, 4.69) is 10.6 Å². The molecule has 7 nitrogen and oxygen atoms in total. The highest BCUT2D eigenvalue weighted by Crippen LogP contribution is 2.53. The number of imide groups is 1. The standard InChI is InChI=1S/C22H19F2N3O4/c1-10(28)18-16-17(20(30)27(19(16)29)9-11-2-4-12(23)5-3-11)22(26-18)14-8-13(24)6-7-15(14)25-21(22)31/h2-8,10,16-18,26,28H,9H2,1H3,(H,25,31)/t10-,16-,17-,18-,22-/m0/s1. The van der Waals surface area contributed by atoms with Crippen LogP contribution in [0.1, 0.15) is 18.1 Å². The third kappa shape index (κ3) is 2.66. The van der Waals surface area contributed by atoms with Crippen LogP contribution in [0.25, 0.3) is 0 Å². The number of nitrogens with one attached hydrogen (secondary N) is 2. The van der Waals surface area contributed by atoms with E-state index in [-0.39, 0.29) is 12.1 Å². The molecule has 0 aromatic heterocycles. The van der Waals surface area contributed by atoms with E-state index in [1.165, 1.54) is 49.4 Å². The third-order valence-electron chi connectivity index (χ3n) is 6.48. The average Bonchev–Trinajstić information content (AvgIpc) is 3.31. The second-order valence-electron chi connectivity index (χ2n) is 8.26. The van der Waals surface area contributed by atoms with Crippen molar-refractivity contribution >= 4 is 23.4 Å². The largest absolute Gasteiger partial charge is 0.392 e. The van der Waals surface area contributed by atoms with Crippen LogP contribution >= 0.6 is 0 Å². The van der Waals surface area contributed by atoms with E-state index in [1.54, 1.807) is 0 Å². The number of aliphatic hydroxyl groups excluding tert-OH is 1. The second-order valence-corrected chi connectivity index (χ2v) is 8.26. The number of carbonyl (C=O) groups excluding carboxylic acids is 3. The first-order chi connectivity index (χ1) is 14.7. The van der Waals surface area contributed by atoms with Crippen LogP contribution in [0, 0.1) is 23.5 Å². The lowest BCUT2D eigenvalue weighted by Gasteiger charge is -2.30. The van der Waals surface area contributed by atoms with E-state index in [9.17, 15) is 28.3 Å². The summed E-state index contributed by atoms with van der Waals surface area (Å²) in [4.78, 5) is 40.9. The summed E-state index contributed by atoms with van der Waals surface area (Å²) in [5.41, 5.74) is -0.545. The summed E-state index contributed by atoms with van der Waals surface area (Å²) in [5, 5.41) is 16.0. The van der Waals surface area contributed by atoms with Gasteiger partial charge in [-0.15, -0.1) is 0 Å². The lowest BCUT2D eigenvalue weighted by molar-refractivity contribution is -0.143. The molecule has 2 aromatic rings. The van der Waals surface area contributed by atoms with E-state index < -0.39 is 58.9 Å². The maximum Gasteiger partial charge on any atom is 0.250 e. The van der Waals surface area contributed by atoms with E-state index >= 15 is 0 Å². The summed E-state index contributed by atoms with van der Waals surface area (Å²) in [6, 6.07) is 8.27. The van der Waals surface area contributed by atoms with Gasteiger partial charge in [0.2, 0.25) is 17.7 Å². The molecule has 160 valence electrons. The predicted octanol–water partition coefficient (Wildman–Crippen LogP) is 1.27. The molecule has 5 rings (SSSR count). The molecule has 0 radical (unpaired) electrons. The number of fused-ring (bicyclic) bond motifs is 4. The number of aliphatic hydroxyl groups is 1. The van der Waals surface area contributed by atoms with Gasteiger partial charge in [-0.3, -0.25) is 24.6 Å². The number of amides is 3. The summed E-state index contributed by atoms with van der Waals surface area (Å²) in [6.07, 6.45) is -1.06. The number of halogens is 2. The highest BCUT2D eigenvalue weighted by atomic mass is 19.1. The van der Waals surface area contributed by atoms with E-state index in [0.29, 0.717) is 11.3 Å². The van der Waals surface area contributed by atoms with Gasteiger partial charge in [0, 0.05) is 17.3 Å². The van der Waals surface area contributed by atoms with Crippen molar-refractivity contribution < 1.29 is 28.3 Å². The third-order valence-corrected chi connectivity index (χ3v) is 6.48. The molecule has 3 aliphatic rings. The first-order valence-electron chi connectivity index (χ1n) is 9.91. The van der Waals surface area contributed by atoms with Crippen molar-refractivity contribution in [2.24, 2.45) is 11.8 Å². The van der Waals surface area contributed by atoms with Crippen molar-refractivity contribution in [1.29, 1.82) is 0 Å². The lowest BCUT2D eigenvalue weighted by atomic mass is 9.76. The fourth-order valence-electron chi connectivity index (χ4n) is 5.11. The molecule has 1 spiro atoms. The molecule has 0 aliphatic carbocycles. The molecule has 31 heavy (non-hydrogen) atoms. The molecule has 2 saturated heterocycles. The zero-order valence-corrected chi connectivity index (χ0v) is 16.4. The van der Waals surface area contributed by atoms with Crippen molar-refractivity contribution in [1.82, 2.24) is 10.2 Å². The first kappa shape index (κ1) is 19.8. The smallest absolute Gasteiger partial charge is 0.250 e. The topological polar surface area (TPSA) is 98.7 Å². The van der Waals surface area contributed by atoms with Gasteiger partial charge in [0.25, 0.3) is 0 Å². The number of hydrogen-bond donors (Lipinski definition) is 3. The Bertz CT molecular complexity index is 1120. The zero-order valence-electron chi connectivity index (χ0n) is 16.4. The van der Waals surface area contributed by atoms with Gasteiger partial charge >= 0.3 is 0 Å². The normalized spacial score (nSPS) is 30.0. The van der Waals surface area contributed by atoms with E-state index in [4.69, 9.17) is 0 Å². The molecule has 3 N–H and O–H groups in total. The molecule has 2 fully saturated rings. The van der Waals surface area contributed by atoms with Crippen LogP contribution in [0.3, 0.4) is 0 Å². The minimum atomic E-state index is -1.67. The van der Waals surface area contributed by atoms with Crippen LogP contribution in [0.2, 0.25) is 0 Å². The van der Waals surface area contributed by atoms with Crippen LogP contribution < -0.4 is 10.6 Å². The quantitative estimate of drug-likeness (QED) is 0.641. The van der Waals surface area contributed by atoms with Gasteiger partial charge in [-0.05, 0) is 42.8 Å². The Morgan fingerprint density at radius 3 is 2.42 bits per heavy atom. The van der Waals surface area contributed by atoms with Crippen molar-refractivity contribution in [3.05, 3.63) is 65.2 Å². The van der Waals surface area contributed by atoms with Gasteiger partial charge in [-0.2, -0.15) is 0 Å². The van der Waals surface area contributed by atoms with Gasteiger partial charge in [0.05, 0.1) is 24.5 Å². The monoisotopic (exact) mass is 427 g/mol. The highest BCUT2D eigenvalue weighted by Gasteiger charge is 2.71. The molecular formula is C22H19F2N3O4. The SMILES string of the molecule is C[C@H](O)[C@@H]1N[C@]2(C(=O)Nc3ccc(F)cc32)[C@@H]2C(=O)N(Cc3ccc(F)cc3)C(=O)[C@H]12. The maximum absolute atomic E-state index is 14.1. The van der Waals surface area contributed by atoms with Crippen LogP contribution in [0.5, 0.6) is 0 Å². The van der Waals surface area contributed by atoms with Gasteiger partial charge in [-0.25, -0.2) is 8.78 Å². The van der Waals surface area contributed by atoms with Crippen LogP contribution in [-0.2, 0) is 26.5 Å². The van der Waals surface area contributed by atoms with Crippen molar-refractivity contribution in [2.45, 2.75) is 31.2 Å². The van der Waals surface area contributed by atoms with Crippen LogP contribution in [-0.4, -0.2) is 39.9 Å². The Labute approximate surface area is 176 Å². The van der Waals surface area contributed by atoms with Gasteiger partial charge in [0.1, 0.15) is 17.2 Å². The van der Waals surface area contributed by atoms with Gasteiger partial charge in [-0.1, -0.05) is 12.1 Å². The highest BCUT2D eigenvalue weighted by molar-refractivity contribution is 6.15. The molecule has 0 saturated carbocycles. The summed E-state index contributed by atoms with van der Waals surface area (Å²) >= 11 is 0. The molecule has 3 heterocycles. The van der Waals surface area contributed by atoms with Gasteiger partial charge in [0.15, 0.2) is 0 Å². The lowest BCUT2D eigenvalue weighted by Crippen LogP contribution is -2.54. The molecule has 5 atom stereocenters. The van der Waals surface area contributed by atoms with E-state index in [1.807, 2.05) is 0 Å². The summed E-state index contributed by atoms with van der Waals surface area (Å²) in [5.74, 6) is -4.90. The number of nitrogens with zero attached hydrogens (tertiary/aromatic N) is 1. The second kappa shape index (κ2) is 6.66. The fourth-order valence-corrected chi connectivity index (χ4v) is 5.11. The molecular weight excluding hydrogens is 408 g/mol. The number of anilines is 1. The molecule has 3 aliphatic heterocycles. The summed E-state index contributed by atoms with van der Waals surface area (Å²) in [7, 11) is 0. The average molecular weight is 427 g/mol. The molecule has 9 heteroatoms. The number of rotatable bonds is 3. The maximum atomic E-state index is 14.1. The minimum absolute atomic E-state index is 0.0921. The Balaban J connectivity index is 1.61. The van der Waals surface area contributed by atoms with Crippen molar-refractivity contribution in [3.63, 3.8) is 0 Å². The molecule has 0 bridgehead atoms. The summed E-state index contributed by atoms with van der Waals surface area (Å²) in [6.45, 7) is 1.37. The fraction of sp³-hybridized carbons (Fsp3) is 0.318. The van der Waals surface area contributed by atoms with Crippen LogP contribution in [0.4, 0.5) is 14.5 Å². The molecule has 0 unspecified atom stereocenters. The Hall–Kier alpha value is -3.17. The first-order valence-corrected chi connectivity index (χ1v) is 9.91. The van der Waals surface area contributed by atoms with E-state index in [0.717, 1.165) is 4.90 Å². The van der Waals surface area contributed by atoms with Crippen molar-refractivity contribution in [3.8, 4) is 0 Å². The minimum Gasteiger partial charge on any atom is -0.392 e. The molecule has 3 amide bonds. The summed E-state index contributed by atoms with van der Waals surface area (Å²) < 4.78 is 27.3. The Morgan fingerprint density at radius 2 is 1.74 bits per heavy atom. The van der Waals surface area contributed by atoms with Crippen LogP contribution in [0.15, 0.2) is 42.5 Å². The number of benzene rings is 2. The number of hydrogen-bond acceptors (Lipinski definition) is 5.